The summed E-state index contributed by atoms with van der Waals surface area (Å²) in [6, 6.07) is 0. The molecule has 0 rings (SSSR count). The molecule has 0 N–H and O–H groups in total. The number of hydrogen-bond acceptors (Lipinski definition) is 4. The summed E-state index contributed by atoms with van der Waals surface area (Å²) in [6.07, 6.45) is 1.27. The Labute approximate surface area is 89.5 Å². The molecule has 0 aromatic carbocycles. The lowest BCUT2D eigenvalue weighted by atomic mass is 10.6. The summed E-state index contributed by atoms with van der Waals surface area (Å²) in [5, 5.41) is 0. The van der Waals surface area contributed by atoms with Crippen LogP contribution in [0.3, 0.4) is 0 Å². The Balaban J connectivity index is 2.91. The van der Waals surface area contributed by atoms with E-state index in [1.165, 1.54) is 17.9 Å². The lowest BCUT2D eigenvalue weighted by Crippen LogP contribution is -1.91. The van der Waals surface area contributed by atoms with Gasteiger partial charge in [-0.25, -0.2) is 0 Å². The molecule has 2 atom stereocenters. The third-order valence-electron chi connectivity index (χ3n) is 1.01. The first-order chi connectivity index (χ1) is 5.13. The van der Waals surface area contributed by atoms with Gasteiger partial charge in [0.2, 0.25) is 0 Å². The molecule has 68 valence electrons. The Kier molecular flexibility index (Phi) is 9.04. The summed E-state index contributed by atoms with van der Waals surface area (Å²) in [6.45, 7) is 4.23. The normalized spacial score (nSPS) is 16.4. The Hall–Kier alpha value is 1.40. The Morgan fingerprint density at radius 2 is 1.36 bits per heavy atom. The standard InChI is InChI=1S/C7H16S4/c1-6(8)10-4-3-5-11-7(2)9/h6-9H,3-5H2,1-2H3. The van der Waals surface area contributed by atoms with Crippen LogP contribution in [0.5, 0.6) is 0 Å². The van der Waals surface area contributed by atoms with E-state index in [-0.39, 0.29) is 0 Å². The van der Waals surface area contributed by atoms with Crippen molar-refractivity contribution in [3.05, 3.63) is 0 Å². The zero-order valence-corrected chi connectivity index (χ0v) is 10.4. The Morgan fingerprint density at radius 3 is 1.64 bits per heavy atom. The maximum absolute atomic E-state index is 4.28. The average Bonchev–Trinajstić information content (AvgIpc) is 1.85. The van der Waals surface area contributed by atoms with Gasteiger partial charge in [0.15, 0.2) is 0 Å². The lowest BCUT2D eigenvalue weighted by Gasteiger charge is -2.05. The molecule has 0 nitrogen and oxygen atoms in total. The van der Waals surface area contributed by atoms with Gasteiger partial charge in [-0.1, -0.05) is 0 Å². The summed E-state index contributed by atoms with van der Waals surface area (Å²) in [4.78, 5) is 0. The van der Waals surface area contributed by atoms with Crippen molar-refractivity contribution in [2.75, 3.05) is 11.5 Å². The fraction of sp³-hybridized carbons (Fsp3) is 1.00. The van der Waals surface area contributed by atoms with Gasteiger partial charge < -0.3 is 0 Å². The fourth-order valence-corrected chi connectivity index (χ4v) is 2.69. The second kappa shape index (κ2) is 8.02. The van der Waals surface area contributed by atoms with Gasteiger partial charge in [0, 0.05) is 9.16 Å². The minimum absolute atomic E-state index is 0.480. The van der Waals surface area contributed by atoms with Crippen LogP contribution < -0.4 is 0 Å². The molecule has 2 unspecified atom stereocenters. The van der Waals surface area contributed by atoms with E-state index in [4.69, 9.17) is 0 Å². The topological polar surface area (TPSA) is 0 Å². The summed E-state index contributed by atoms with van der Waals surface area (Å²) in [7, 11) is 0. The third kappa shape index (κ3) is 11.4. The van der Waals surface area contributed by atoms with Crippen LogP contribution in [0.1, 0.15) is 20.3 Å². The van der Waals surface area contributed by atoms with E-state index < -0.39 is 0 Å². The van der Waals surface area contributed by atoms with Crippen LogP contribution in [0.2, 0.25) is 0 Å². The highest BCUT2D eigenvalue weighted by Crippen LogP contribution is 2.18. The first-order valence-corrected chi connectivity index (χ1v) is 6.85. The molecule has 0 aromatic heterocycles. The lowest BCUT2D eigenvalue weighted by molar-refractivity contribution is 1.12. The molecule has 0 amide bonds. The predicted molar refractivity (Wildman–Crippen MR) is 66.4 cm³/mol. The van der Waals surface area contributed by atoms with Crippen molar-refractivity contribution in [1.82, 2.24) is 0 Å². The molecule has 0 fully saturated rings. The second-order valence-corrected chi connectivity index (χ2v) is 7.44. The van der Waals surface area contributed by atoms with E-state index in [1.54, 1.807) is 0 Å². The van der Waals surface area contributed by atoms with Crippen LogP contribution in [0.4, 0.5) is 0 Å². The van der Waals surface area contributed by atoms with Crippen LogP contribution in [0.15, 0.2) is 0 Å². The highest BCUT2D eigenvalue weighted by molar-refractivity contribution is 8.11. The quantitative estimate of drug-likeness (QED) is 0.406. The van der Waals surface area contributed by atoms with Gasteiger partial charge >= 0.3 is 0 Å². The monoisotopic (exact) mass is 228 g/mol. The maximum atomic E-state index is 4.28. The molecular weight excluding hydrogens is 212 g/mol. The van der Waals surface area contributed by atoms with Crippen molar-refractivity contribution in [3.8, 4) is 0 Å². The molecule has 0 bridgehead atoms. The molecule has 4 heteroatoms. The fourth-order valence-electron chi connectivity index (χ4n) is 0.567. The molecule has 11 heavy (non-hydrogen) atoms. The molecule has 0 radical (unpaired) electrons. The number of rotatable bonds is 6. The van der Waals surface area contributed by atoms with Crippen molar-refractivity contribution < 1.29 is 0 Å². The van der Waals surface area contributed by atoms with Crippen LogP contribution in [0.25, 0.3) is 0 Å². The van der Waals surface area contributed by atoms with Gasteiger partial charge in [-0.05, 0) is 31.8 Å². The van der Waals surface area contributed by atoms with Gasteiger partial charge in [-0.3, -0.25) is 0 Å². The molecule has 0 aromatic rings. The first kappa shape index (κ1) is 12.4. The Bertz CT molecular complexity index is 72.5. The smallest absolute Gasteiger partial charge is 0.0444 e. The molecule has 0 heterocycles. The minimum Gasteiger partial charge on any atom is -0.165 e. The van der Waals surface area contributed by atoms with Crippen LogP contribution in [-0.2, 0) is 0 Å². The van der Waals surface area contributed by atoms with Crippen LogP contribution >= 0.6 is 48.8 Å². The summed E-state index contributed by atoms with van der Waals surface area (Å²) < 4.78 is 0.960. The molecule has 0 aliphatic rings. The van der Waals surface area contributed by atoms with Gasteiger partial charge in [0.1, 0.15) is 0 Å². The summed E-state index contributed by atoms with van der Waals surface area (Å²) >= 11 is 12.4. The van der Waals surface area contributed by atoms with E-state index in [9.17, 15) is 0 Å². The molecule has 0 spiro atoms. The largest absolute Gasteiger partial charge is 0.165 e. The van der Waals surface area contributed by atoms with Crippen molar-refractivity contribution in [3.63, 3.8) is 0 Å². The van der Waals surface area contributed by atoms with Gasteiger partial charge in [0.05, 0.1) is 0 Å². The van der Waals surface area contributed by atoms with Gasteiger partial charge in [-0.2, -0.15) is 25.3 Å². The highest BCUT2D eigenvalue weighted by atomic mass is 32.2. The average molecular weight is 228 g/mol. The molecule has 0 aliphatic heterocycles. The van der Waals surface area contributed by atoms with Crippen LogP contribution in [-0.4, -0.2) is 20.7 Å². The zero-order valence-electron chi connectivity index (χ0n) is 6.99. The Morgan fingerprint density at radius 1 is 1.00 bits per heavy atom. The number of hydrogen-bond donors (Lipinski definition) is 2. The summed E-state index contributed by atoms with van der Waals surface area (Å²) in [5.41, 5.74) is 0. The SMILES string of the molecule is CC(S)SCCCSC(C)S. The molecule has 0 saturated carbocycles. The summed E-state index contributed by atoms with van der Waals surface area (Å²) in [5.74, 6) is 2.44. The predicted octanol–water partition coefficient (Wildman–Crippen LogP) is 3.39. The van der Waals surface area contributed by atoms with Crippen molar-refractivity contribution >= 4 is 48.8 Å². The third-order valence-corrected chi connectivity index (χ3v) is 3.91. The highest BCUT2D eigenvalue weighted by Gasteiger charge is 1.96. The van der Waals surface area contributed by atoms with Gasteiger partial charge in [-0.15, -0.1) is 23.5 Å². The molecule has 0 aliphatic carbocycles. The van der Waals surface area contributed by atoms with Crippen molar-refractivity contribution in [1.29, 1.82) is 0 Å². The van der Waals surface area contributed by atoms with Crippen LogP contribution in [0, 0.1) is 0 Å². The van der Waals surface area contributed by atoms with E-state index in [0.29, 0.717) is 9.16 Å². The van der Waals surface area contributed by atoms with Crippen molar-refractivity contribution in [2.24, 2.45) is 0 Å². The number of thiol groups is 2. The van der Waals surface area contributed by atoms with E-state index in [2.05, 4.69) is 39.1 Å². The van der Waals surface area contributed by atoms with E-state index in [1.807, 2.05) is 23.5 Å². The molecule has 0 saturated heterocycles. The second-order valence-electron chi connectivity index (χ2n) is 2.29. The van der Waals surface area contributed by atoms with Crippen molar-refractivity contribution in [2.45, 2.75) is 29.4 Å². The number of thioether (sulfide) groups is 2. The van der Waals surface area contributed by atoms with E-state index >= 15 is 0 Å². The van der Waals surface area contributed by atoms with Gasteiger partial charge in [0.25, 0.3) is 0 Å². The zero-order chi connectivity index (χ0) is 8.69. The minimum atomic E-state index is 0.480. The van der Waals surface area contributed by atoms with E-state index in [0.717, 1.165) is 0 Å². The first-order valence-electron chi connectivity index (χ1n) is 3.72. The molecular formula is C7H16S4. The maximum Gasteiger partial charge on any atom is 0.0444 e.